The zero-order valence-electron chi connectivity index (χ0n) is 20.2. The van der Waals surface area contributed by atoms with Crippen LogP contribution in [0.5, 0.6) is 0 Å². The average molecular weight is 476 g/mol. The minimum absolute atomic E-state index is 0.113. The largest absolute Gasteiger partial charge is 0.351 e. The lowest BCUT2D eigenvalue weighted by atomic mass is 9.94. The number of rotatable bonds is 7. The maximum Gasteiger partial charge on any atom is 0.267 e. The molecule has 6 heteroatoms. The van der Waals surface area contributed by atoms with Crippen LogP contribution in [0.3, 0.4) is 0 Å². The van der Waals surface area contributed by atoms with Crippen molar-refractivity contribution in [3.8, 4) is 0 Å². The molecule has 1 aliphatic rings. The van der Waals surface area contributed by atoms with Crippen molar-refractivity contribution in [3.05, 3.63) is 86.9 Å². The van der Waals surface area contributed by atoms with Crippen molar-refractivity contribution in [1.29, 1.82) is 0 Å². The van der Waals surface area contributed by atoms with Gasteiger partial charge in [-0.3, -0.25) is 9.59 Å². The molecule has 0 aliphatic heterocycles. The second-order valence-electron chi connectivity index (χ2n) is 9.22. The highest BCUT2D eigenvalue weighted by Crippen LogP contribution is 2.29. The van der Waals surface area contributed by atoms with Gasteiger partial charge in [0.1, 0.15) is 10.9 Å². The molecule has 0 bridgehead atoms. The number of carbonyl (C=O) groups is 2. The van der Waals surface area contributed by atoms with Crippen molar-refractivity contribution in [2.24, 2.45) is 0 Å². The summed E-state index contributed by atoms with van der Waals surface area (Å²) in [4.78, 5) is 34.6. The normalized spacial score (nSPS) is 15.0. The van der Waals surface area contributed by atoms with Crippen LogP contribution in [-0.4, -0.2) is 27.7 Å². The van der Waals surface area contributed by atoms with Gasteiger partial charge in [0.25, 0.3) is 5.91 Å². The first-order valence-electron chi connectivity index (χ1n) is 12.1. The lowest BCUT2D eigenvalue weighted by Gasteiger charge is -2.33. The Balaban J connectivity index is 1.74. The van der Waals surface area contributed by atoms with Crippen LogP contribution in [0.15, 0.2) is 54.6 Å². The van der Waals surface area contributed by atoms with E-state index in [0.29, 0.717) is 17.1 Å². The SMILES string of the molecule is Cc1ccc(CN(C(=O)c2sc(C)nc2C)C(C(=O)NC2CCCCC2)c2ccccc2)cc1. The van der Waals surface area contributed by atoms with E-state index in [2.05, 4.69) is 10.3 Å². The van der Waals surface area contributed by atoms with Gasteiger partial charge in [-0.2, -0.15) is 0 Å². The molecule has 0 spiro atoms. The van der Waals surface area contributed by atoms with Crippen LogP contribution in [0, 0.1) is 20.8 Å². The van der Waals surface area contributed by atoms with Crippen molar-refractivity contribution in [3.63, 3.8) is 0 Å². The van der Waals surface area contributed by atoms with E-state index in [1.807, 2.05) is 75.4 Å². The van der Waals surface area contributed by atoms with Gasteiger partial charge < -0.3 is 10.2 Å². The summed E-state index contributed by atoms with van der Waals surface area (Å²) in [5.41, 5.74) is 3.67. The highest BCUT2D eigenvalue weighted by Gasteiger charge is 2.34. The molecule has 0 radical (unpaired) electrons. The number of carbonyl (C=O) groups excluding carboxylic acids is 2. The smallest absolute Gasteiger partial charge is 0.267 e. The van der Waals surface area contributed by atoms with E-state index >= 15 is 0 Å². The fourth-order valence-corrected chi connectivity index (χ4v) is 5.54. The fourth-order valence-electron chi connectivity index (χ4n) is 4.67. The average Bonchev–Trinajstić information content (AvgIpc) is 3.18. The molecule has 1 heterocycles. The van der Waals surface area contributed by atoms with Gasteiger partial charge in [0.15, 0.2) is 0 Å². The molecule has 0 saturated heterocycles. The lowest BCUT2D eigenvalue weighted by Crippen LogP contribution is -2.46. The van der Waals surface area contributed by atoms with E-state index < -0.39 is 6.04 Å². The van der Waals surface area contributed by atoms with E-state index in [0.717, 1.165) is 47.4 Å². The van der Waals surface area contributed by atoms with Crippen molar-refractivity contribution in [1.82, 2.24) is 15.2 Å². The highest BCUT2D eigenvalue weighted by atomic mass is 32.1. The summed E-state index contributed by atoms with van der Waals surface area (Å²) in [6.07, 6.45) is 5.47. The molecule has 1 unspecified atom stereocenters. The number of aryl methyl sites for hydroxylation is 3. The topological polar surface area (TPSA) is 62.3 Å². The number of aromatic nitrogens is 1. The fraction of sp³-hybridized carbons (Fsp3) is 0.393. The first-order valence-corrected chi connectivity index (χ1v) is 12.9. The minimum Gasteiger partial charge on any atom is -0.351 e. The maximum absolute atomic E-state index is 14.0. The third-order valence-electron chi connectivity index (χ3n) is 6.46. The maximum atomic E-state index is 14.0. The van der Waals surface area contributed by atoms with E-state index in [9.17, 15) is 9.59 Å². The Morgan fingerprint density at radius 2 is 1.68 bits per heavy atom. The number of benzene rings is 2. The molecule has 2 aromatic carbocycles. The minimum atomic E-state index is -0.723. The third-order valence-corrected chi connectivity index (χ3v) is 7.52. The third kappa shape index (κ3) is 5.73. The summed E-state index contributed by atoms with van der Waals surface area (Å²) in [5.74, 6) is -0.270. The zero-order valence-corrected chi connectivity index (χ0v) is 21.0. The van der Waals surface area contributed by atoms with E-state index in [4.69, 9.17) is 0 Å². The molecule has 1 atom stereocenters. The molecule has 1 N–H and O–H groups in total. The number of hydrogen-bond acceptors (Lipinski definition) is 4. The van der Waals surface area contributed by atoms with Crippen molar-refractivity contribution in [2.75, 3.05) is 0 Å². The van der Waals surface area contributed by atoms with Crippen molar-refractivity contribution in [2.45, 2.75) is 71.5 Å². The Morgan fingerprint density at radius 3 is 2.29 bits per heavy atom. The Hall–Kier alpha value is -2.99. The van der Waals surface area contributed by atoms with Gasteiger partial charge >= 0.3 is 0 Å². The summed E-state index contributed by atoms with van der Waals surface area (Å²) in [5, 5.41) is 4.12. The summed E-state index contributed by atoms with van der Waals surface area (Å²) in [7, 11) is 0. The van der Waals surface area contributed by atoms with Crippen molar-refractivity contribution >= 4 is 23.2 Å². The van der Waals surface area contributed by atoms with Gasteiger partial charge in [-0.1, -0.05) is 79.4 Å². The van der Waals surface area contributed by atoms with Crippen LogP contribution < -0.4 is 5.32 Å². The predicted molar refractivity (Wildman–Crippen MR) is 137 cm³/mol. The van der Waals surface area contributed by atoms with Crippen LogP contribution in [-0.2, 0) is 11.3 Å². The van der Waals surface area contributed by atoms with Gasteiger partial charge in [-0.15, -0.1) is 11.3 Å². The molecular weight excluding hydrogens is 442 g/mol. The zero-order chi connectivity index (χ0) is 24.1. The monoisotopic (exact) mass is 475 g/mol. The van der Waals surface area contributed by atoms with E-state index in [1.165, 1.54) is 17.8 Å². The molecule has 178 valence electrons. The van der Waals surface area contributed by atoms with Crippen molar-refractivity contribution < 1.29 is 9.59 Å². The van der Waals surface area contributed by atoms with Crippen LogP contribution in [0.1, 0.15) is 75.2 Å². The lowest BCUT2D eigenvalue weighted by molar-refractivity contribution is -0.127. The molecule has 1 saturated carbocycles. The molecule has 1 aromatic heterocycles. The van der Waals surface area contributed by atoms with Crippen LogP contribution in [0.25, 0.3) is 0 Å². The summed E-state index contributed by atoms with van der Waals surface area (Å²) in [6, 6.07) is 17.2. The molecule has 5 nitrogen and oxygen atoms in total. The second kappa shape index (κ2) is 11.0. The molecule has 2 amide bonds. The summed E-state index contributed by atoms with van der Waals surface area (Å²) in [6.45, 7) is 6.15. The Bertz CT molecular complexity index is 1120. The predicted octanol–water partition coefficient (Wildman–Crippen LogP) is 5.90. The van der Waals surface area contributed by atoms with Crippen LogP contribution >= 0.6 is 11.3 Å². The molecule has 1 fully saturated rings. The van der Waals surface area contributed by atoms with E-state index in [-0.39, 0.29) is 17.9 Å². The molecule has 34 heavy (non-hydrogen) atoms. The van der Waals surface area contributed by atoms with Gasteiger partial charge in [0, 0.05) is 12.6 Å². The highest BCUT2D eigenvalue weighted by molar-refractivity contribution is 7.13. The van der Waals surface area contributed by atoms with E-state index in [1.54, 1.807) is 4.90 Å². The van der Waals surface area contributed by atoms with Crippen LogP contribution in [0.4, 0.5) is 0 Å². The number of thiazole rings is 1. The van der Waals surface area contributed by atoms with Gasteiger partial charge in [-0.25, -0.2) is 4.98 Å². The number of amides is 2. The molecular formula is C28H33N3O2S. The summed E-state index contributed by atoms with van der Waals surface area (Å²) < 4.78 is 0. The number of nitrogens with zero attached hydrogens (tertiary/aromatic N) is 2. The Kier molecular flexibility index (Phi) is 7.78. The van der Waals surface area contributed by atoms with Gasteiger partial charge in [0.2, 0.25) is 5.91 Å². The second-order valence-corrected chi connectivity index (χ2v) is 10.4. The quantitative estimate of drug-likeness (QED) is 0.463. The van der Waals surface area contributed by atoms with Gasteiger partial charge in [0.05, 0.1) is 10.7 Å². The molecule has 3 aromatic rings. The standard InChI is InChI=1S/C28H33N3O2S/c1-19-14-16-22(17-15-19)18-31(28(33)26-20(2)29-21(3)34-26)25(23-10-6-4-7-11-23)27(32)30-24-12-8-5-9-13-24/h4,6-7,10-11,14-17,24-25H,5,8-9,12-13,18H2,1-3H3,(H,30,32). The first kappa shape index (κ1) is 24.1. The van der Waals surface area contributed by atoms with Gasteiger partial charge in [-0.05, 0) is 44.7 Å². The Labute approximate surface area is 206 Å². The summed E-state index contributed by atoms with van der Waals surface area (Å²) >= 11 is 1.39. The number of hydrogen-bond donors (Lipinski definition) is 1. The molecule has 4 rings (SSSR count). The first-order chi connectivity index (χ1) is 16.4. The van der Waals surface area contributed by atoms with Crippen LogP contribution in [0.2, 0.25) is 0 Å². The Morgan fingerprint density at radius 1 is 1.00 bits per heavy atom. The number of nitrogens with one attached hydrogen (secondary N) is 1. The molecule has 1 aliphatic carbocycles.